The molecule has 4 heteroatoms. The molecule has 11 aromatic rings. The number of thiophene rings is 2. The predicted molar refractivity (Wildman–Crippen MR) is 269 cm³/mol. The van der Waals surface area contributed by atoms with Crippen molar-refractivity contribution in [2.24, 2.45) is 0 Å². The second-order valence-corrected chi connectivity index (χ2v) is 17.6. The maximum atomic E-state index is 5.60. The molecule has 2 aromatic heterocycles. The summed E-state index contributed by atoms with van der Waals surface area (Å²) in [5, 5.41) is 5.45. The summed E-state index contributed by atoms with van der Waals surface area (Å²) in [5.41, 5.74) is 15.4. The van der Waals surface area contributed by atoms with E-state index in [0.717, 1.165) is 16.6 Å². The first kappa shape index (κ1) is 40.5. The lowest BCUT2D eigenvalue weighted by atomic mass is 10.00. The fourth-order valence-corrected chi connectivity index (χ4v) is 9.93. The van der Waals surface area contributed by atoms with Gasteiger partial charge >= 0.3 is 0 Å². The van der Waals surface area contributed by atoms with Gasteiger partial charge in [-0.3, -0.25) is 0 Å². The molecule has 11 rings (SSSR count). The van der Waals surface area contributed by atoms with Crippen molar-refractivity contribution >= 4 is 84.6 Å². The van der Waals surface area contributed by atoms with Crippen molar-refractivity contribution in [2.45, 2.75) is 13.3 Å². The summed E-state index contributed by atoms with van der Waals surface area (Å²) < 4.78 is 6.61. The highest BCUT2D eigenvalue weighted by Gasteiger charge is 2.07. The van der Waals surface area contributed by atoms with Crippen LogP contribution in [-0.4, -0.2) is 0 Å². The Kier molecular flexibility index (Phi) is 13.2. The van der Waals surface area contributed by atoms with Gasteiger partial charge in [-0.05, 0) is 89.2 Å². The minimum atomic E-state index is 0.805. The van der Waals surface area contributed by atoms with Crippen LogP contribution in [0.15, 0.2) is 229 Å². The molecule has 0 aliphatic rings. The normalized spacial score (nSPS) is 10.6. The van der Waals surface area contributed by atoms with Crippen molar-refractivity contribution in [1.29, 1.82) is 0 Å². The molecule has 0 saturated carbocycles. The minimum absolute atomic E-state index is 0.805. The molecule has 0 saturated heterocycles. The number of fused-ring (bicyclic) bond motifs is 6. The van der Waals surface area contributed by atoms with E-state index in [2.05, 4.69) is 187 Å². The first-order valence-electron chi connectivity index (χ1n) is 20.0. The molecule has 0 bridgehead atoms. The average molecular weight is 875 g/mol. The van der Waals surface area contributed by atoms with Gasteiger partial charge in [0.25, 0.3) is 0 Å². The Morgan fingerprint density at radius 3 is 1.28 bits per heavy atom. The third-order valence-corrected chi connectivity index (χ3v) is 13.0. The fourth-order valence-electron chi connectivity index (χ4n) is 7.10. The number of nitrogens with two attached hydrogens (primary N) is 1. The molecule has 2 N–H and O–H groups in total. The zero-order valence-electron chi connectivity index (χ0n) is 33.3. The zero-order chi connectivity index (χ0) is 41.1. The highest BCUT2D eigenvalue weighted by molar-refractivity contribution is 9.10. The van der Waals surface area contributed by atoms with Crippen LogP contribution in [0.5, 0.6) is 0 Å². The van der Waals surface area contributed by atoms with E-state index in [4.69, 9.17) is 5.73 Å². The summed E-state index contributed by atoms with van der Waals surface area (Å²) in [6.07, 6.45) is 0.971. The second kappa shape index (κ2) is 19.6. The molecule has 292 valence electrons. The number of hydrogen-bond acceptors (Lipinski definition) is 3. The van der Waals surface area contributed by atoms with Crippen LogP contribution in [0.4, 0.5) is 5.69 Å². The molecule has 0 spiro atoms. The second-order valence-electron chi connectivity index (χ2n) is 14.5. The summed E-state index contributed by atoms with van der Waals surface area (Å²) in [6, 6.07) is 78.5. The Morgan fingerprint density at radius 1 is 0.367 bits per heavy atom. The van der Waals surface area contributed by atoms with Crippen molar-refractivity contribution < 1.29 is 0 Å². The fraction of sp³-hybridized carbons (Fsp3) is 0.0357. The van der Waals surface area contributed by atoms with Gasteiger partial charge in [-0.2, -0.15) is 0 Å². The van der Waals surface area contributed by atoms with Crippen molar-refractivity contribution in [3.05, 3.63) is 246 Å². The lowest BCUT2D eigenvalue weighted by Gasteiger charge is -2.05. The van der Waals surface area contributed by atoms with Crippen molar-refractivity contribution in [3.63, 3.8) is 0 Å². The summed E-state index contributed by atoms with van der Waals surface area (Å²) in [7, 11) is 0. The SMILES string of the molecule is Brc1ccc2c(c1)sc1ccccc12.Cc1ccccc1.Nc1ccc(-c2ccccc2)cc1.c1ccc(-c2ccc(Cc3ccc4c(c3)sc3ccccc34)cc2)cc1. The lowest BCUT2D eigenvalue weighted by molar-refractivity contribution is 1.20. The van der Waals surface area contributed by atoms with Crippen molar-refractivity contribution in [2.75, 3.05) is 5.73 Å². The van der Waals surface area contributed by atoms with Crippen LogP contribution < -0.4 is 5.73 Å². The van der Waals surface area contributed by atoms with E-state index in [1.807, 2.05) is 83.3 Å². The largest absolute Gasteiger partial charge is 0.399 e. The van der Waals surface area contributed by atoms with E-state index in [9.17, 15) is 0 Å². The number of halogens is 1. The van der Waals surface area contributed by atoms with Crippen LogP contribution in [-0.2, 0) is 6.42 Å². The highest BCUT2D eigenvalue weighted by atomic mass is 79.9. The Balaban J connectivity index is 0.000000124. The molecule has 0 aliphatic carbocycles. The quantitative estimate of drug-likeness (QED) is 0.175. The molecule has 0 aliphatic heterocycles. The topological polar surface area (TPSA) is 26.0 Å². The van der Waals surface area contributed by atoms with E-state index >= 15 is 0 Å². The first-order chi connectivity index (χ1) is 29.5. The van der Waals surface area contributed by atoms with E-state index < -0.39 is 0 Å². The number of hydrogen-bond donors (Lipinski definition) is 1. The van der Waals surface area contributed by atoms with Crippen molar-refractivity contribution in [3.8, 4) is 22.3 Å². The zero-order valence-corrected chi connectivity index (χ0v) is 36.6. The van der Waals surface area contributed by atoms with Crippen LogP contribution in [0.25, 0.3) is 62.6 Å². The third-order valence-electron chi connectivity index (χ3n) is 10.2. The first-order valence-corrected chi connectivity index (χ1v) is 22.4. The lowest BCUT2D eigenvalue weighted by Crippen LogP contribution is -1.88. The Labute approximate surface area is 369 Å². The van der Waals surface area contributed by atoms with Gasteiger partial charge in [0, 0.05) is 50.5 Å². The van der Waals surface area contributed by atoms with E-state index in [1.165, 1.54) is 79.3 Å². The number of benzene rings is 9. The molecule has 0 radical (unpaired) electrons. The number of nitrogen functional groups attached to an aromatic ring is 1. The molecular formula is C56H44BrNS2. The average Bonchev–Trinajstić information content (AvgIpc) is 3.86. The summed E-state index contributed by atoms with van der Waals surface area (Å²) in [6.45, 7) is 2.08. The van der Waals surface area contributed by atoms with E-state index in [1.54, 1.807) is 0 Å². The Morgan fingerprint density at radius 2 is 0.767 bits per heavy atom. The molecular weight excluding hydrogens is 831 g/mol. The molecule has 0 amide bonds. The van der Waals surface area contributed by atoms with Crippen LogP contribution in [0.1, 0.15) is 16.7 Å². The van der Waals surface area contributed by atoms with Gasteiger partial charge in [0.2, 0.25) is 0 Å². The number of rotatable bonds is 4. The van der Waals surface area contributed by atoms with Gasteiger partial charge in [0.1, 0.15) is 0 Å². The Bertz CT molecular complexity index is 3060. The van der Waals surface area contributed by atoms with Crippen molar-refractivity contribution in [1.82, 2.24) is 0 Å². The molecule has 0 unspecified atom stereocenters. The minimum Gasteiger partial charge on any atom is -0.399 e. The van der Waals surface area contributed by atoms with E-state index in [-0.39, 0.29) is 0 Å². The number of anilines is 1. The van der Waals surface area contributed by atoms with Crippen LogP contribution in [0, 0.1) is 6.92 Å². The Hall–Kier alpha value is -6.30. The van der Waals surface area contributed by atoms with Crippen LogP contribution >= 0.6 is 38.6 Å². The van der Waals surface area contributed by atoms with Gasteiger partial charge < -0.3 is 5.73 Å². The molecule has 9 aromatic carbocycles. The van der Waals surface area contributed by atoms with Gasteiger partial charge in [0.05, 0.1) is 0 Å². The van der Waals surface area contributed by atoms with E-state index in [0.29, 0.717) is 0 Å². The molecule has 0 fully saturated rings. The van der Waals surface area contributed by atoms with Gasteiger partial charge in [-0.15, -0.1) is 22.7 Å². The third kappa shape index (κ3) is 10.3. The highest BCUT2D eigenvalue weighted by Crippen LogP contribution is 2.36. The standard InChI is InChI=1S/C25H18S.C12H7BrS.C12H11N.C7H8/c1-2-6-20(7-3-1)21-13-10-18(11-14-21)16-19-12-15-23-22-8-4-5-9-24(22)26-25(23)17-19;13-8-5-6-10-9-3-1-2-4-11(9)14-12(10)7-8;13-12-8-6-11(7-9-12)10-4-2-1-3-5-10;1-7-5-3-2-4-6-7/h1-15,17H,16H2;1-7H;1-9H,13H2;2-6H,1H3. The molecule has 60 heavy (non-hydrogen) atoms. The molecule has 2 heterocycles. The summed E-state index contributed by atoms with van der Waals surface area (Å²) in [5.74, 6) is 0. The van der Waals surface area contributed by atoms with Gasteiger partial charge in [0.15, 0.2) is 0 Å². The molecule has 0 atom stereocenters. The molecule has 1 nitrogen and oxygen atoms in total. The maximum Gasteiger partial charge on any atom is 0.0366 e. The smallest absolute Gasteiger partial charge is 0.0366 e. The van der Waals surface area contributed by atoms with Gasteiger partial charge in [-0.1, -0.05) is 203 Å². The summed E-state index contributed by atoms with van der Waals surface area (Å²) >= 11 is 7.23. The maximum absolute atomic E-state index is 5.60. The number of aryl methyl sites for hydroxylation is 1. The van der Waals surface area contributed by atoms with Crippen LogP contribution in [0.2, 0.25) is 0 Å². The summed E-state index contributed by atoms with van der Waals surface area (Å²) in [4.78, 5) is 0. The van der Waals surface area contributed by atoms with Gasteiger partial charge in [-0.25, -0.2) is 0 Å². The monoisotopic (exact) mass is 873 g/mol. The predicted octanol–water partition coefficient (Wildman–Crippen LogP) is 17.1. The van der Waals surface area contributed by atoms with Crippen LogP contribution in [0.3, 0.4) is 0 Å².